The zero-order chi connectivity index (χ0) is 23.8. The van der Waals surface area contributed by atoms with Gasteiger partial charge in [0.2, 0.25) is 6.43 Å². The van der Waals surface area contributed by atoms with Crippen molar-refractivity contribution >= 4 is 5.97 Å². The number of hydrogen-bond acceptors (Lipinski definition) is 2. The van der Waals surface area contributed by atoms with Crippen molar-refractivity contribution in [3.63, 3.8) is 0 Å². The van der Waals surface area contributed by atoms with Crippen LogP contribution in [0.4, 0.5) is 43.9 Å². The van der Waals surface area contributed by atoms with Gasteiger partial charge in [0.05, 0.1) is 11.8 Å². The van der Waals surface area contributed by atoms with Crippen LogP contribution < -0.4 is 0 Å². The second-order valence-electron chi connectivity index (χ2n) is 9.10. The van der Waals surface area contributed by atoms with Gasteiger partial charge in [0.25, 0.3) is 0 Å². The number of rotatable bonds is 10. The highest BCUT2D eigenvalue weighted by Gasteiger charge is 2.85. The number of halogens is 10. The molecule has 0 heterocycles. The van der Waals surface area contributed by atoms with Crippen LogP contribution in [0.3, 0.4) is 0 Å². The lowest BCUT2D eigenvalue weighted by Crippen LogP contribution is -2.48. The molecule has 4 aliphatic rings. The third-order valence-electron chi connectivity index (χ3n) is 7.63. The van der Waals surface area contributed by atoms with Crippen molar-refractivity contribution in [1.82, 2.24) is 0 Å². The molecule has 0 aliphatic heterocycles. The quantitative estimate of drug-likeness (QED) is 0.286. The van der Waals surface area contributed by atoms with Crippen molar-refractivity contribution in [3.05, 3.63) is 0 Å². The summed E-state index contributed by atoms with van der Waals surface area (Å²) in [5.41, 5.74) is -0.986. The Hall–Kier alpha value is -1.23. The zero-order valence-electron chi connectivity index (χ0n) is 16.6. The van der Waals surface area contributed by atoms with E-state index in [0.717, 1.165) is 6.42 Å². The Bertz CT molecular complexity index is 720. The van der Waals surface area contributed by atoms with Crippen LogP contribution in [-0.4, -0.2) is 42.7 Å². The van der Waals surface area contributed by atoms with E-state index in [1.165, 1.54) is 0 Å². The van der Waals surface area contributed by atoms with E-state index >= 15 is 0 Å². The third kappa shape index (κ3) is 3.50. The van der Waals surface area contributed by atoms with Crippen LogP contribution >= 0.6 is 0 Å². The smallest absolute Gasteiger partial charge is 0.343 e. The van der Waals surface area contributed by atoms with E-state index < -0.39 is 67.4 Å². The summed E-state index contributed by atoms with van der Waals surface area (Å²) < 4.78 is 137. The predicted molar refractivity (Wildman–Crippen MR) is 86.5 cm³/mol. The molecule has 4 saturated carbocycles. The fourth-order valence-electron chi connectivity index (χ4n) is 5.97. The number of carbonyl (C=O) groups is 1. The Morgan fingerprint density at radius 3 is 1.84 bits per heavy atom. The van der Waals surface area contributed by atoms with Crippen molar-refractivity contribution in [2.75, 3.05) is 6.61 Å². The van der Waals surface area contributed by atoms with Gasteiger partial charge in [0.1, 0.15) is 0 Å². The van der Waals surface area contributed by atoms with E-state index in [1.54, 1.807) is 6.92 Å². The van der Waals surface area contributed by atoms with Crippen LogP contribution in [0.2, 0.25) is 0 Å². The van der Waals surface area contributed by atoms with Crippen LogP contribution in [0.5, 0.6) is 0 Å². The van der Waals surface area contributed by atoms with Crippen LogP contribution in [0.1, 0.15) is 39.5 Å². The van der Waals surface area contributed by atoms with E-state index in [1.807, 2.05) is 6.92 Å². The molecule has 12 heteroatoms. The predicted octanol–water partition coefficient (Wildman–Crippen LogP) is 6.04. The van der Waals surface area contributed by atoms with Crippen molar-refractivity contribution in [2.24, 2.45) is 35.0 Å². The maximum atomic E-state index is 14.0. The van der Waals surface area contributed by atoms with Gasteiger partial charge in [0, 0.05) is 12.8 Å². The maximum absolute atomic E-state index is 14.0. The number of carbonyl (C=O) groups excluding carboxylic acids is 1. The summed E-state index contributed by atoms with van der Waals surface area (Å²) in [4.78, 5) is 12.4. The fourth-order valence-corrected chi connectivity index (χ4v) is 5.97. The lowest BCUT2D eigenvalue weighted by atomic mass is 9.90. The van der Waals surface area contributed by atoms with Gasteiger partial charge in [0.15, 0.2) is 6.61 Å². The molecule has 4 rings (SSSR count). The largest absolute Gasteiger partial charge is 0.459 e. The van der Waals surface area contributed by atoms with Crippen LogP contribution in [0.25, 0.3) is 0 Å². The van der Waals surface area contributed by atoms with Crippen LogP contribution in [-0.2, 0) is 9.53 Å². The lowest BCUT2D eigenvalue weighted by Gasteiger charge is -2.31. The Balaban J connectivity index is 1.59. The summed E-state index contributed by atoms with van der Waals surface area (Å²) in [5.74, 6) is -22.0. The van der Waals surface area contributed by atoms with Crippen LogP contribution in [0.15, 0.2) is 0 Å². The summed E-state index contributed by atoms with van der Waals surface area (Å²) in [6.45, 7) is 1.59. The van der Waals surface area contributed by atoms with Crippen LogP contribution in [0, 0.1) is 35.0 Å². The van der Waals surface area contributed by atoms with Gasteiger partial charge in [-0.05, 0) is 36.0 Å². The molecule has 4 bridgehead atoms. The average molecular weight is 472 g/mol. The van der Waals surface area contributed by atoms with E-state index in [9.17, 15) is 48.7 Å². The Kier molecular flexibility index (Phi) is 5.62. The summed E-state index contributed by atoms with van der Waals surface area (Å²) in [6.07, 6.45) is -10.6. The van der Waals surface area contributed by atoms with Crippen molar-refractivity contribution in [3.8, 4) is 0 Å². The van der Waals surface area contributed by atoms with Gasteiger partial charge < -0.3 is 4.74 Å². The number of hydrogen-bond donors (Lipinski definition) is 0. The summed E-state index contributed by atoms with van der Waals surface area (Å²) in [7, 11) is 0. The SMILES string of the molecule is CC1C2CC3C1C3(C(=O)OCC(F)(F)C(F)(F)CCC(F)(F)C(F)(F)CC(F)F)C2C. The molecular weight excluding hydrogens is 450 g/mol. The van der Waals surface area contributed by atoms with Gasteiger partial charge in [-0.3, -0.25) is 4.79 Å². The molecule has 4 aliphatic carbocycles. The summed E-state index contributed by atoms with van der Waals surface area (Å²) >= 11 is 0. The first kappa shape index (κ1) is 24.4. The van der Waals surface area contributed by atoms with Gasteiger partial charge in [-0.2, -0.15) is 35.1 Å². The van der Waals surface area contributed by atoms with E-state index in [2.05, 4.69) is 4.74 Å². The first-order valence-corrected chi connectivity index (χ1v) is 9.89. The number of alkyl halides is 10. The van der Waals surface area contributed by atoms with Crippen molar-refractivity contribution in [1.29, 1.82) is 0 Å². The molecule has 0 N–H and O–H groups in total. The molecule has 6 unspecified atom stereocenters. The Labute approximate surface area is 171 Å². The van der Waals surface area contributed by atoms with Gasteiger partial charge in [-0.25, -0.2) is 8.78 Å². The molecule has 4 fully saturated rings. The summed E-state index contributed by atoms with van der Waals surface area (Å²) in [5, 5.41) is 0. The van der Waals surface area contributed by atoms with Crippen molar-refractivity contribution in [2.45, 2.75) is 69.6 Å². The second kappa shape index (κ2) is 7.13. The van der Waals surface area contributed by atoms with E-state index in [0.29, 0.717) is 0 Å². The fraction of sp³-hybridized carbons (Fsp3) is 0.947. The molecule has 0 aromatic heterocycles. The molecule has 2 nitrogen and oxygen atoms in total. The normalized spacial score (nSPS) is 35.1. The molecule has 0 aromatic carbocycles. The Morgan fingerprint density at radius 1 is 0.935 bits per heavy atom. The van der Waals surface area contributed by atoms with Gasteiger partial charge in [-0.15, -0.1) is 0 Å². The molecule has 0 saturated heterocycles. The Morgan fingerprint density at radius 2 is 1.45 bits per heavy atom. The first-order chi connectivity index (χ1) is 13.9. The molecule has 0 spiro atoms. The molecule has 6 atom stereocenters. The highest BCUT2D eigenvalue weighted by molar-refractivity contribution is 5.84. The number of esters is 1. The topological polar surface area (TPSA) is 26.3 Å². The molecular formula is C19H22F10O2. The third-order valence-corrected chi connectivity index (χ3v) is 7.63. The molecule has 0 radical (unpaired) electrons. The minimum atomic E-state index is -5.35. The highest BCUT2D eigenvalue weighted by Crippen LogP contribution is 2.83. The van der Waals surface area contributed by atoms with Crippen molar-refractivity contribution < 1.29 is 53.4 Å². The van der Waals surface area contributed by atoms with E-state index in [4.69, 9.17) is 0 Å². The average Bonchev–Trinajstić information content (AvgIpc) is 2.91. The lowest BCUT2D eigenvalue weighted by molar-refractivity contribution is -0.259. The number of ether oxygens (including phenoxy) is 1. The summed E-state index contributed by atoms with van der Waals surface area (Å²) in [6, 6.07) is 0. The minimum absolute atomic E-state index is 0.0557. The standard InChI is InChI=1S/C19H22F10O2/c1-8-10-5-11-13(8)19(11,9(10)2)14(30)31-7-18(28,29)16(24,25)4-3-15(22,23)17(26,27)6-12(20)21/h8-13H,3-7H2,1-2H3. The minimum Gasteiger partial charge on any atom is -0.459 e. The molecule has 31 heavy (non-hydrogen) atoms. The monoisotopic (exact) mass is 472 g/mol. The molecule has 180 valence electrons. The first-order valence-electron chi connectivity index (χ1n) is 9.89. The van der Waals surface area contributed by atoms with Gasteiger partial charge in [-0.1, -0.05) is 13.8 Å². The van der Waals surface area contributed by atoms with Gasteiger partial charge >= 0.3 is 29.7 Å². The second-order valence-corrected chi connectivity index (χ2v) is 9.10. The molecule has 0 amide bonds. The maximum Gasteiger partial charge on any atom is 0.343 e. The zero-order valence-corrected chi connectivity index (χ0v) is 16.6. The van der Waals surface area contributed by atoms with E-state index in [-0.39, 0.29) is 29.6 Å². The molecule has 0 aromatic rings. The highest BCUT2D eigenvalue weighted by atomic mass is 19.3.